The van der Waals surface area contributed by atoms with E-state index in [2.05, 4.69) is 29.8 Å². The number of nitrogens with one attached hydrogen (secondary N) is 2. The Hall–Kier alpha value is -8.34. The molecule has 8 rings (SSSR count). The molecule has 0 aliphatic heterocycles. The smallest absolute Gasteiger partial charge is 0.336 e. The molecule has 2 aromatic heterocycles. The Morgan fingerprint density at radius 2 is 0.921 bits per heavy atom. The second kappa shape index (κ2) is 26.7. The number of alkyl halides is 2. The van der Waals surface area contributed by atoms with Crippen molar-refractivity contribution in [3.63, 3.8) is 0 Å². The van der Waals surface area contributed by atoms with Crippen molar-refractivity contribution in [1.82, 2.24) is 29.7 Å². The molecule has 392 valence electrons. The maximum absolute atomic E-state index is 13.7. The summed E-state index contributed by atoms with van der Waals surface area (Å²) in [6.45, 7) is 6.25. The van der Waals surface area contributed by atoms with Gasteiger partial charge in [0.25, 0.3) is 11.8 Å². The number of imidazole rings is 2. The van der Waals surface area contributed by atoms with Gasteiger partial charge in [0.2, 0.25) is 0 Å². The van der Waals surface area contributed by atoms with Crippen molar-refractivity contribution in [3.05, 3.63) is 179 Å². The van der Waals surface area contributed by atoms with Crippen molar-refractivity contribution in [1.29, 1.82) is 0 Å². The topological polar surface area (TPSA) is 245 Å². The number of amidine groups is 2. The molecule has 6 aromatic carbocycles. The number of nitrogens with zero attached hydrogens (tertiary/aromatic N) is 6. The maximum atomic E-state index is 13.7. The van der Waals surface area contributed by atoms with Crippen LogP contribution in [-0.4, -0.2) is 89.6 Å². The second-order valence-electron chi connectivity index (χ2n) is 17.6. The van der Waals surface area contributed by atoms with Crippen molar-refractivity contribution in [2.75, 3.05) is 24.8 Å². The fourth-order valence-corrected chi connectivity index (χ4v) is 9.14. The number of halogens is 2. The number of carboxylic acids is 2. The molecular formula is C58H60Cl2N10O6. The lowest BCUT2D eigenvalue weighted by atomic mass is 9.98. The zero-order valence-electron chi connectivity index (χ0n) is 42.2. The van der Waals surface area contributed by atoms with Crippen molar-refractivity contribution in [2.45, 2.75) is 64.7 Å². The molecule has 0 bridgehead atoms. The lowest BCUT2D eigenvalue weighted by Crippen LogP contribution is -2.32. The van der Waals surface area contributed by atoms with Crippen LogP contribution >= 0.6 is 23.2 Å². The van der Waals surface area contributed by atoms with Gasteiger partial charge in [0, 0.05) is 26.2 Å². The Balaban J connectivity index is 0.000000221. The van der Waals surface area contributed by atoms with Gasteiger partial charge in [0.1, 0.15) is 23.3 Å². The summed E-state index contributed by atoms with van der Waals surface area (Å²) in [5.41, 5.74) is 18.3. The van der Waals surface area contributed by atoms with E-state index in [4.69, 9.17) is 44.6 Å². The molecule has 0 spiro atoms. The van der Waals surface area contributed by atoms with Crippen LogP contribution in [-0.2, 0) is 13.1 Å². The number of amides is 2. The maximum Gasteiger partial charge on any atom is 0.336 e. The van der Waals surface area contributed by atoms with Crippen LogP contribution in [0.2, 0.25) is 0 Å². The summed E-state index contributed by atoms with van der Waals surface area (Å²) in [5, 5.41) is 25.9. The minimum absolute atomic E-state index is 0.0638. The van der Waals surface area contributed by atoms with Crippen molar-refractivity contribution < 1.29 is 29.4 Å². The molecule has 2 atom stereocenters. The third-order valence-corrected chi connectivity index (χ3v) is 13.2. The predicted molar refractivity (Wildman–Crippen MR) is 302 cm³/mol. The SMILES string of the molecule is CCn1c([C@H](CCCN=C(N)CCl)NC(=O)c2cc(-c3ccccc3)ccc2C(=O)O)nc2ccccc21.CCn1c([C@H](CCCN=C(N)CCl)NC(=O)c2ccc(-c3ccccc3)cc2C(=O)O)nc2ccccc21. The molecule has 8 aromatic rings. The van der Waals surface area contributed by atoms with Crippen LogP contribution in [0.15, 0.2) is 156 Å². The highest BCUT2D eigenvalue weighted by Gasteiger charge is 2.27. The molecule has 0 fully saturated rings. The summed E-state index contributed by atoms with van der Waals surface area (Å²) in [6.07, 6.45) is 2.28. The van der Waals surface area contributed by atoms with Gasteiger partial charge in [-0.15, -0.1) is 23.2 Å². The molecule has 0 saturated carbocycles. The highest BCUT2D eigenvalue weighted by Crippen LogP contribution is 2.29. The first-order valence-corrected chi connectivity index (χ1v) is 26.0. The van der Waals surface area contributed by atoms with Gasteiger partial charge < -0.3 is 41.4 Å². The Kier molecular flexibility index (Phi) is 19.5. The summed E-state index contributed by atoms with van der Waals surface area (Å²) >= 11 is 11.5. The summed E-state index contributed by atoms with van der Waals surface area (Å²) in [6, 6.07) is 43.2. The van der Waals surface area contributed by atoms with E-state index in [1.54, 1.807) is 24.3 Å². The third kappa shape index (κ3) is 13.7. The normalized spacial score (nSPS) is 12.4. The van der Waals surface area contributed by atoms with Crippen molar-refractivity contribution in [3.8, 4) is 22.3 Å². The minimum Gasteiger partial charge on any atom is -0.478 e. The van der Waals surface area contributed by atoms with E-state index in [1.165, 1.54) is 12.1 Å². The van der Waals surface area contributed by atoms with Gasteiger partial charge >= 0.3 is 11.9 Å². The number of carbonyl (C=O) groups excluding carboxylic acids is 2. The molecular weight excluding hydrogens is 1000 g/mol. The average Bonchev–Trinajstić information content (AvgIpc) is 4.04. The number of fused-ring (bicyclic) bond motifs is 2. The van der Waals surface area contributed by atoms with E-state index in [9.17, 15) is 29.4 Å². The summed E-state index contributed by atoms with van der Waals surface area (Å²) in [4.78, 5) is 69.5. The predicted octanol–water partition coefficient (Wildman–Crippen LogP) is 10.5. The van der Waals surface area contributed by atoms with Crippen molar-refractivity contribution in [2.24, 2.45) is 21.5 Å². The number of carboxylic acid groups (broad SMARTS) is 2. The minimum atomic E-state index is -1.17. The van der Waals surface area contributed by atoms with Crippen LogP contribution < -0.4 is 22.1 Å². The van der Waals surface area contributed by atoms with Crippen LogP contribution in [0.1, 0.15) is 105 Å². The molecule has 0 unspecified atom stereocenters. The number of carbonyl (C=O) groups is 4. The first-order chi connectivity index (χ1) is 36.8. The number of aliphatic imine (C=N–C) groups is 2. The second-order valence-corrected chi connectivity index (χ2v) is 18.2. The van der Waals surface area contributed by atoms with Crippen LogP contribution in [0, 0.1) is 0 Å². The van der Waals surface area contributed by atoms with E-state index < -0.39 is 35.8 Å². The Morgan fingerprint density at radius 1 is 0.526 bits per heavy atom. The number of nitrogens with two attached hydrogens (primary N) is 2. The van der Waals surface area contributed by atoms with Gasteiger partial charge in [-0.3, -0.25) is 19.6 Å². The number of hydrogen-bond donors (Lipinski definition) is 6. The standard InChI is InChI=1S/2C29H30ClN5O3/c1-2-35-25-13-7-6-11-23(25)33-27(35)24(12-8-16-32-26(31)18-30)34-28(36)22-17-20(14-15-21(22)29(37)38)19-9-4-3-5-10-19;1-2-35-25-13-7-6-11-23(25)33-27(35)24(12-8-16-32-26(31)18-30)34-28(36)21-15-14-20(17-22(21)29(37)38)19-9-4-3-5-10-19/h2*3-7,9-11,13-15,17,24H,2,8,12,16,18H2,1H3,(H2,31,32)(H,34,36)(H,37,38)/t2*24-/m00/s1. The lowest BCUT2D eigenvalue weighted by Gasteiger charge is -2.20. The molecule has 8 N–H and O–H groups in total. The Labute approximate surface area is 450 Å². The van der Waals surface area contributed by atoms with E-state index in [1.807, 2.05) is 123 Å². The number of aryl methyl sites for hydroxylation is 2. The number of aromatic nitrogens is 4. The molecule has 76 heavy (non-hydrogen) atoms. The van der Waals surface area contributed by atoms with E-state index in [0.29, 0.717) is 75.2 Å². The zero-order valence-corrected chi connectivity index (χ0v) is 43.7. The first-order valence-electron chi connectivity index (χ1n) is 24.9. The Morgan fingerprint density at radius 3 is 1.34 bits per heavy atom. The largest absolute Gasteiger partial charge is 0.478 e. The van der Waals surface area contributed by atoms with Gasteiger partial charge in [-0.1, -0.05) is 97.1 Å². The van der Waals surface area contributed by atoms with Gasteiger partial charge in [0.05, 0.1) is 68.2 Å². The highest BCUT2D eigenvalue weighted by atomic mass is 35.5. The molecule has 18 heteroatoms. The molecule has 0 aliphatic carbocycles. The summed E-state index contributed by atoms with van der Waals surface area (Å²) in [5.74, 6) is -0.871. The average molecular weight is 1060 g/mol. The summed E-state index contributed by atoms with van der Waals surface area (Å²) < 4.78 is 4.13. The van der Waals surface area contributed by atoms with Crippen LogP contribution in [0.4, 0.5) is 0 Å². The first kappa shape index (κ1) is 55.4. The molecule has 0 saturated heterocycles. The molecule has 0 radical (unpaired) electrons. The monoisotopic (exact) mass is 1060 g/mol. The van der Waals surface area contributed by atoms with Gasteiger partial charge in [-0.05, 0) is 110 Å². The van der Waals surface area contributed by atoms with E-state index >= 15 is 0 Å². The van der Waals surface area contributed by atoms with Crippen LogP contribution in [0.25, 0.3) is 44.3 Å². The number of para-hydroxylation sites is 4. The van der Waals surface area contributed by atoms with Gasteiger partial charge in [-0.2, -0.15) is 0 Å². The summed E-state index contributed by atoms with van der Waals surface area (Å²) in [7, 11) is 0. The van der Waals surface area contributed by atoms with Crippen molar-refractivity contribution >= 4 is 80.7 Å². The molecule has 0 aliphatic rings. The highest BCUT2D eigenvalue weighted by molar-refractivity contribution is 6.28. The quantitative estimate of drug-likeness (QED) is 0.0162. The van der Waals surface area contributed by atoms with E-state index in [0.717, 1.165) is 44.3 Å². The molecule has 2 heterocycles. The Bertz CT molecular complexity index is 3380. The number of rotatable bonds is 22. The van der Waals surface area contributed by atoms with E-state index in [-0.39, 0.29) is 34.0 Å². The number of benzene rings is 6. The number of hydrogen-bond acceptors (Lipinski definition) is 8. The molecule has 2 amide bonds. The third-order valence-electron chi connectivity index (χ3n) is 12.6. The fraction of sp³-hybridized carbons (Fsp3) is 0.241. The van der Waals surface area contributed by atoms with Gasteiger partial charge in [-0.25, -0.2) is 19.6 Å². The van der Waals surface area contributed by atoms with Gasteiger partial charge in [0.15, 0.2) is 0 Å². The lowest BCUT2D eigenvalue weighted by molar-refractivity contribution is 0.0682. The molecule has 16 nitrogen and oxygen atoms in total. The van der Waals surface area contributed by atoms with Crippen LogP contribution in [0.5, 0.6) is 0 Å². The van der Waals surface area contributed by atoms with Crippen LogP contribution in [0.3, 0.4) is 0 Å². The zero-order chi connectivity index (χ0) is 54.1. The fourth-order valence-electron chi connectivity index (χ4n) is 8.97. The number of aromatic carboxylic acids is 2.